The molecule has 2 heterocycles. The lowest BCUT2D eigenvalue weighted by Gasteiger charge is -2.19. The van der Waals surface area contributed by atoms with Crippen LogP contribution in [0, 0.1) is 0 Å². The van der Waals surface area contributed by atoms with Crippen LogP contribution in [0.3, 0.4) is 0 Å². The molecule has 0 aliphatic carbocycles. The van der Waals surface area contributed by atoms with Crippen molar-refractivity contribution in [1.29, 1.82) is 0 Å². The number of carbonyl (C=O) groups excluding carboxylic acids is 1. The van der Waals surface area contributed by atoms with Crippen LogP contribution >= 0.6 is 0 Å². The zero-order valence-corrected chi connectivity index (χ0v) is 17.6. The van der Waals surface area contributed by atoms with E-state index in [-0.39, 0.29) is 12.0 Å². The predicted octanol–water partition coefficient (Wildman–Crippen LogP) is 4.66. The Hall–Kier alpha value is -3.87. The fourth-order valence-electron chi connectivity index (χ4n) is 3.56. The maximum Gasteiger partial charge on any atom is 0.405 e. The zero-order chi connectivity index (χ0) is 22.2. The quantitative estimate of drug-likeness (QED) is 0.451. The number of nitrogens with one attached hydrogen (secondary N) is 2. The Morgan fingerprint density at radius 1 is 1.03 bits per heavy atom. The van der Waals surface area contributed by atoms with Crippen LogP contribution in [0.25, 0.3) is 27.8 Å². The number of carbonyl (C=O) groups is 2. The Labute approximate surface area is 179 Å². The molecule has 4 aromatic rings. The van der Waals surface area contributed by atoms with Crippen LogP contribution in [0.5, 0.6) is 0 Å². The van der Waals surface area contributed by atoms with Crippen molar-refractivity contribution in [3.05, 3.63) is 66.4 Å². The lowest BCUT2D eigenvalue weighted by molar-refractivity contribution is -0.115. The summed E-state index contributed by atoms with van der Waals surface area (Å²) in [5.74, 6) is -0.443. The molecular formula is C24H24N4O3. The minimum absolute atomic E-state index is 0.0718. The fraction of sp³-hybridized carbons (Fsp3) is 0.208. The molecule has 158 valence electrons. The molecule has 7 nitrogen and oxygen atoms in total. The Kier molecular flexibility index (Phi) is 5.10. The molecule has 0 fully saturated rings. The molecule has 0 unspecified atom stereocenters. The third-order valence-electron chi connectivity index (χ3n) is 5.17. The first-order chi connectivity index (χ1) is 14.7. The van der Waals surface area contributed by atoms with Gasteiger partial charge in [-0.2, -0.15) is 0 Å². The van der Waals surface area contributed by atoms with E-state index in [2.05, 4.69) is 60.1 Å². The van der Waals surface area contributed by atoms with Crippen LogP contribution in [0.2, 0.25) is 0 Å². The molecule has 7 heteroatoms. The van der Waals surface area contributed by atoms with Crippen molar-refractivity contribution in [2.75, 3.05) is 11.9 Å². The Morgan fingerprint density at radius 2 is 1.77 bits per heavy atom. The molecule has 0 saturated heterocycles. The summed E-state index contributed by atoms with van der Waals surface area (Å²) < 4.78 is 2.08. The molecule has 0 radical (unpaired) electrons. The highest BCUT2D eigenvalue weighted by molar-refractivity contribution is 5.96. The van der Waals surface area contributed by atoms with E-state index in [9.17, 15) is 9.59 Å². The first-order valence-electron chi connectivity index (χ1n) is 10.0. The number of aromatic nitrogens is 2. The van der Waals surface area contributed by atoms with Gasteiger partial charge < -0.3 is 20.1 Å². The van der Waals surface area contributed by atoms with Crippen LogP contribution in [-0.2, 0) is 10.2 Å². The average Bonchev–Trinajstić information content (AvgIpc) is 3.21. The van der Waals surface area contributed by atoms with Gasteiger partial charge in [0.15, 0.2) is 0 Å². The van der Waals surface area contributed by atoms with Gasteiger partial charge >= 0.3 is 6.09 Å². The molecule has 0 spiro atoms. The molecule has 2 aromatic heterocycles. The summed E-state index contributed by atoms with van der Waals surface area (Å²) in [6.45, 7) is 6.23. The standard InChI is InChI=1S/C24H24N4O3/c1-24(2,3)16-8-6-15(7-9-16)22-20-5-4-12-28(20)19-11-10-17(13-18(19)27-22)26-21(29)14-25-23(30)31/h4-13,25H,14H2,1-3H3,(H,26,29)(H,30,31). The monoisotopic (exact) mass is 416 g/mol. The van der Waals surface area contributed by atoms with Crippen LogP contribution in [0.1, 0.15) is 26.3 Å². The molecule has 0 aliphatic rings. The largest absolute Gasteiger partial charge is 0.465 e. The van der Waals surface area contributed by atoms with Crippen molar-refractivity contribution in [3.63, 3.8) is 0 Å². The number of carboxylic acid groups (broad SMARTS) is 1. The van der Waals surface area contributed by atoms with Gasteiger partial charge in [0.2, 0.25) is 5.91 Å². The second-order valence-corrected chi connectivity index (χ2v) is 8.46. The first kappa shape index (κ1) is 20.4. The number of benzene rings is 2. The summed E-state index contributed by atoms with van der Waals surface area (Å²) in [5, 5.41) is 13.4. The topological polar surface area (TPSA) is 95.7 Å². The summed E-state index contributed by atoms with van der Waals surface area (Å²) >= 11 is 0. The molecule has 0 saturated carbocycles. The SMILES string of the molecule is CC(C)(C)c1ccc(-c2nc3cc(NC(=O)CNC(=O)O)ccc3n3cccc23)cc1. The molecule has 4 rings (SSSR count). The van der Waals surface area contributed by atoms with Crippen molar-refractivity contribution in [1.82, 2.24) is 14.7 Å². The van der Waals surface area contributed by atoms with Gasteiger partial charge in [-0.25, -0.2) is 9.78 Å². The van der Waals surface area contributed by atoms with Gasteiger partial charge in [0.25, 0.3) is 0 Å². The molecular weight excluding hydrogens is 392 g/mol. The van der Waals surface area contributed by atoms with E-state index in [0.717, 1.165) is 27.8 Å². The molecule has 2 aromatic carbocycles. The van der Waals surface area contributed by atoms with Crippen LogP contribution in [0.15, 0.2) is 60.8 Å². The van der Waals surface area contributed by atoms with Gasteiger partial charge in [-0.15, -0.1) is 0 Å². The molecule has 0 aliphatic heterocycles. The predicted molar refractivity (Wildman–Crippen MR) is 121 cm³/mol. The highest BCUT2D eigenvalue weighted by Crippen LogP contribution is 2.30. The number of rotatable bonds is 4. The van der Waals surface area contributed by atoms with Crippen molar-refractivity contribution < 1.29 is 14.7 Å². The Bertz CT molecular complexity index is 1280. The third-order valence-corrected chi connectivity index (χ3v) is 5.17. The maximum absolute atomic E-state index is 12.0. The van der Waals surface area contributed by atoms with E-state index >= 15 is 0 Å². The number of hydrogen-bond donors (Lipinski definition) is 3. The zero-order valence-electron chi connectivity index (χ0n) is 17.6. The number of hydrogen-bond acceptors (Lipinski definition) is 3. The summed E-state index contributed by atoms with van der Waals surface area (Å²) in [6, 6.07) is 17.9. The molecule has 0 atom stereocenters. The van der Waals surface area contributed by atoms with Crippen LogP contribution in [0.4, 0.5) is 10.5 Å². The summed E-state index contributed by atoms with van der Waals surface area (Å²) in [5.41, 5.74) is 6.38. The first-order valence-corrected chi connectivity index (χ1v) is 10.0. The van der Waals surface area contributed by atoms with E-state index in [1.54, 1.807) is 12.1 Å². The van der Waals surface area contributed by atoms with Gasteiger partial charge in [0.05, 0.1) is 22.2 Å². The lowest BCUT2D eigenvalue weighted by atomic mass is 9.86. The van der Waals surface area contributed by atoms with E-state index in [1.807, 2.05) is 24.4 Å². The summed E-state index contributed by atoms with van der Waals surface area (Å²) in [7, 11) is 0. The summed E-state index contributed by atoms with van der Waals surface area (Å²) in [6.07, 6.45) is 0.744. The van der Waals surface area contributed by atoms with Crippen molar-refractivity contribution in [3.8, 4) is 11.3 Å². The number of amides is 2. The van der Waals surface area contributed by atoms with Gasteiger partial charge in [-0.05, 0) is 41.3 Å². The minimum Gasteiger partial charge on any atom is -0.465 e. The average molecular weight is 416 g/mol. The summed E-state index contributed by atoms with van der Waals surface area (Å²) in [4.78, 5) is 27.4. The minimum atomic E-state index is -1.24. The lowest BCUT2D eigenvalue weighted by Crippen LogP contribution is -2.31. The molecule has 2 amide bonds. The number of fused-ring (bicyclic) bond motifs is 3. The highest BCUT2D eigenvalue weighted by atomic mass is 16.4. The second-order valence-electron chi connectivity index (χ2n) is 8.46. The molecule has 31 heavy (non-hydrogen) atoms. The van der Waals surface area contributed by atoms with Gasteiger partial charge in [0, 0.05) is 17.4 Å². The van der Waals surface area contributed by atoms with Crippen molar-refractivity contribution in [2.45, 2.75) is 26.2 Å². The second kappa shape index (κ2) is 7.75. The molecule has 0 bridgehead atoms. The van der Waals surface area contributed by atoms with E-state index in [4.69, 9.17) is 10.1 Å². The number of nitrogens with zero attached hydrogens (tertiary/aromatic N) is 2. The van der Waals surface area contributed by atoms with Gasteiger partial charge in [-0.1, -0.05) is 45.0 Å². The van der Waals surface area contributed by atoms with Crippen LogP contribution < -0.4 is 10.6 Å². The molecule has 3 N–H and O–H groups in total. The van der Waals surface area contributed by atoms with E-state index in [1.165, 1.54) is 5.56 Å². The Balaban J connectivity index is 1.74. The smallest absolute Gasteiger partial charge is 0.405 e. The maximum atomic E-state index is 12.0. The Morgan fingerprint density at radius 3 is 2.45 bits per heavy atom. The van der Waals surface area contributed by atoms with Gasteiger partial charge in [0.1, 0.15) is 6.54 Å². The van der Waals surface area contributed by atoms with E-state index < -0.39 is 12.0 Å². The fourth-order valence-corrected chi connectivity index (χ4v) is 3.56. The number of anilines is 1. The highest BCUT2D eigenvalue weighted by Gasteiger charge is 2.15. The van der Waals surface area contributed by atoms with E-state index in [0.29, 0.717) is 5.69 Å². The van der Waals surface area contributed by atoms with Crippen LogP contribution in [-0.4, -0.2) is 33.0 Å². The van der Waals surface area contributed by atoms with Crippen molar-refractivity contribution in [2.24, 2.45) is 0 Å². The van der Waals surface area contributed by atoms with Crippen molar-refractivity contribution >= 4 is 34.2 Å². The van der Waals surface area contributed by atoms with Gasteiger partial charge in [-0.3, -0.25) is 4.79 Å². The normalized spacial score (nSPS) is 11.6. The third kappa shape index (κ3) is 4.21.